The van der Waals surface area contributed by atoms with Gasteiger partial charge in [0.15, 0.2) is 0 Å². The second-order valence-corrected chi connectivity index (χ2v) is 3.96. The fourth-order valence-electron chi connectivity index (χ4n) is 2.45. The van der Waals surface area contributed by atoms with Gasteiger partial charge in [-0.3, -0.25) is 9.59 Å². The van der Waals surface area contributed by atoms with Gasteiger partial charge in [0.25, 0.3) is 0 Å². The van der Waals surface area contributed by atoms with Crippen LogP contribution < -0.4 is 0 Å². The Morgan fingerprint density at radius 1 is 1.21 bits per heavy atom. The predicted octanol–water partition coefficient (Wildman–Crippen LogP) is 1.76. The molecular weight excluding hydrogens is 178 g/mol. The molecule has 0 unspecified atom stereocenters. The maximum Gasteiger partial charge on any atom is 0.230 e. The molecule has 0 aliphatic carbocycles. The van der Waals surface area contributed by atoms with Gasteiger partial charge in [0.1, 0.15) is 5.78 Å². The van der Waals surface area contributed by atoms with Crippen molar-refractivity contribution in [2.45, 2.75) is 52.0 Å². The molecule has 0 aromatic heterocycles. The van der Waals surface area contributed by atoms with Crippen molar-refractivity contribution >= 4 is 11.7 Å². The van der Waals surface area contributed by atoms with Gasteiger partial charge in [-0.15, -0.1) is 0 Å². The standard InChI is InChI=1S/C11H19NO2/c1-4-11(5-2)8-9(13)7-10(14)12(11)6-3/h4-8H2,1-3H3. The second-order valence-electron chi connectivity index (χ2n) is 3.96. The monoisotopic (exact) mass is 197 g/mol. The molecule has 0 N–H and O–H groups in total. The summed E-state index contributed by atoms with van der Waals surface area (Å²) in [5.41, 5.74) is -0.193. The van der Waals surface area contributed by atoms with E-state index in [1.165, 1.54) is 0 Å². The Labute approximate surface area is 85.5 Å². The molecule has 0 bridgehead atoms. The highest BCUT2D eigenvalue weighted by atomic mass is 16.2. The lowest BCUT2D eigenvalue weighted by molar-refractivity contribution is -0.148. The molecule has 1 rings (SSSR count). The number of carbonyl (C=O) groups is 2. The number of hydrogen-bond donors (Lipinski definition) is 0. The number of rotatable bonds is 3. The third-order valence-corrected chi connectivity index (χ3v) is 3.38. The number of likely N-dealkylation sites (tertiary alicyclic amines) is 1. The van der Waals surface area contributed by atoms with Gasteiger partial charge in [-0.2, -0.15) is 0 Å². The molecule has 14 heavy (non-hydrogen) atoms. The summed E-state index contributed by atoms with van der Waals surface area (Å²) in [6.07, 6.45) is 2.39. The number of nitrogens with zero attached hydrogens (tertiary/aromatic N) is 1. The van der Waals surface area contributed by atoms with Crippen LogP contribution in [0.1, 0.15) is 46.5 Å². The molecule has 1 aliphatic rings. The first kappa shape index (κ1) is 11.2. The van der Waals surface area contributed by atoms with E-state index in [9.17, 15) is 9.59 Å². The molecule has 3 nitrogen and oxygen atoms in total. The number of hydrogen-bond acceptors (Lipinski definition) is 2. The molecule has 80 valence electrons. The van der Waals surface area contributed by atoms with Crippen LogP contribution in [0.15, 0.2) is 0 Å². The molecule has 0 atom stereocenters. The minimum absolute atomic E-state index is 0.00690. The largest absolute Gasteiger partial charge is 0.336 e. The van der Waals surface area contributed by atoms with Crippen LogP contribution in [0.25, 0.3) is 0 Å². The summed E-state index contributed by atoms with van der Waals surface area (Å²) in [5.74, 6) is 0.107. The minimum Gasteiger partial charge on any atom is -0.336 e. The minimum atomic E-state index is -0.193. The van der Waals surface area contributed by atoms with Crippen LogP contribution in [0.5, 0.6) is 0 Å². The summed E-state index contributed by atoms with van der Waals surface area (Å²) in [5, 5.41) is 0. The summed E-state index contributed by atoms with van der Waals surface area (Å²) in [7, 11) is 0. The highest BCUT2D eigenvalue weighted by Crippen LogP contribution is 2.32. The highest BCUT2D eigenvalue weighted by Gasteiger charge is 2.42. The first-order valence-electron chi connectivity index (χ1n) is 5.41. The quantitative estimate of drug-likeness (QED) is 0.646. The van der Waals surface area contributed by atoms with Gasteiger partial charge in [-0.1, -0.05) is 13.8 Å². The Balaban J connectivity index is 2.97. The number of ketones is 1. The lowest BCUT2D eigenvalue weighted by atomic mass is 9.81. The molecule has 1 saturated heterocycles. The molecule has 0 aromatic rings. The van der Waals surface area contributed by atoms with E-state index in [1.54, 1.807) is 0 Å². The maximum atomic E-state index is 11.7. The van der Waals surface area contributed by atoms with Crippen molar-refractivity contribution in [3.05, 3.63) is 0 Å². The van der Waals surface area contributed by atoms with Crippen LogP contribution >= 0.6 is 0 Å². The summed E-state index contributed by atoms with van der Waals surface area (Å²) in [6, 6.07) is 0. The maximum absolute atomic E-state index is 11.7. The van der Waals surface area contributed by atoms with Crippen molar-refractivity contribution in [2.24, 2.45) is 0 Å². The second kappa shape index (κ2) is 4.11. The van der Waals surface area contributed by atoms with Crippen LogP contribution in [0, 0.1) is 0 Å². The molecule has 1 amide bonds. The summed E-state index contributed by atoms with van der Waals surface area (Å²) < 4.78 is 0. The highest BCUT2D eigenvalue weighted by molar-refractivity contribution is 6.01. The zero-order valence-corrected chi connectivity index (χ0v) is 9.30. The Kier molecular flexibility index (Phi) is 3.29. The Morgan fingerprint density at radius 3 is 2.21 bits per heavy atom. The van der Waals surface area contributed by atoms with E-state index in [2.05, 4.69) is 13.8 Å². The Hall–Kier alpha value is -0.860. The third kappa shape index (κ3) is 1.68. The predicted molar refractivity (Wildman–Crippen MR) is 54.9 cm³/mol. The van der Waals surface area contributed by atoms with Crippen LogP contribution in [0.3, 0.4) is 0 Å². The smallest absolute Gasteiger partial charge is 0.230 e. The molecule has 0 radical (unpaired) electrons. The first-order valence-corrected chi connectivity index (χ1v) is 5.41. The van der Waals surface area contributed by atoms with Gasteiger partial charge in [-0.05, 0) is 19.8 Å². The Morgan fingerprint density at radius 2 is 1.79 bits per heavy atom. The van der Waals surface area contributed by atoms with Crippen molar-refractivity contribution in [1.82, 2.24) is 4.90 Å². The lowest BCUT2D eigenvalue weighted by Gasteiger charge is -2.45. The SMILES string of the molecule is CCN1C(=O)CC(=O)CC1(CC)CC. The van der Waals surface area contributed by atoms with Gasteiger partial charge in [0.2, 0.25) is 5.91 Å². The van der Waals surface area contributed by atoms with Gasteiger partial charge in [0.05, 0.1) is 6.42 Å². The number of amides is 1. The molecular formula is C11H19NO2. The van der Waals surface area contributed by atoms with E-state index in [4.69, 9.17) is 0 Å². The normalized spacial score (nSPS) is 21.5. The molecule has 0 aromatic carbocycles. The van der Waals surface area contributed by atoms with E-state index in [0.717, 1.165) is 12.8 Å². The average Bonchev–Trinajstić information content (AvgIpc) is 2.16. The molecule has 1 heterocycles. The molecule has 0 spiro atoms. The van der Waals surface area contributed by atoms with Crippen molar-refractivity contribution < 1.29 is 9.59 Å². The van der Waals surface area contributed by atoms with E-state index < -0.39 is 0 Å². The number of carbonyl (C=O) groups excluding carboxylic acids is 2. The topological polar surface area (TPSA) is 37.4 Å². The molecule has 0 saturated carbocycles. The zero-order chi connectivity index (χ0) is 10.8. The third-order valence-electron chi connectivity index (χ3n) is 3.38. The van der Waals surface area contributed by atoms with Gasteiger partial charge in [-0.25, -0.2) is 0 Å². The van der Waals surface area contributed by atoms with Crippen molar-refractivity contribution in [3.63, 3.8) is 0 Å². The van der Waals surface area contributed by atoms with E-state index >= 15 is 0 Å². The number of Topliss-reactive ketones (excluding diaryl/α,β-unsaturated/α-hetero) is 1. The number of piperidine rings is 1. The average molecular weight is 197 g/mol. The van der Waals surface area contributed by atoms with Gasteiger partial charge < -0.3 is 4.90 Å². The van der Waals surface area contributed by atoms with Crippen LogP contribution in [-0.4, -0.2) is 28.7 Å². The van der Waals surface area contributed by atoms with Crippen LogP contribution in [0.2, 0.25) is 0 Å². The fourth-order valence-corrected chi connectivity index (χ4v) is 2.45. The zero-order valence-electron chi connectivity index (χ0n) is 9.30. The van der Waals surface area contributed by atoms with Crippen LogP contribution in [0.4, 0.5) is 0 Å². The molecule has 1 aliphatic heterocycles. The summed E-state index contributed by atoms with van der Waals surface area (Å²) in [6.45, 7) is 6.80. The van der Waals surface area contributed by atoms with Gasteiger partial charge in [0, 0.05) is 18.5 Å². The lowest BCUT2D eigenvalue weighted by Crippen LogP contribution is -2.56. The Bertz CT molecular complexity index is 244. The first-order chi connectivity index (χ1) is 6.59. The molecule has 1 fully saturated rings. The van der Waals surface area contributed by atoms with Crippen molar-refractivity contribution in [1.29, 1.82) is 0 Å². The summed E-state index contributed by atoms with van der Waals surface area (Å²) in [4.78, 5) is 25.0. The van der Waals surface area contributed by atoms with E-state index in [1.807, 2.05) is 11.8 Å². The van der Waals surface area contributed by atoms with Crippen LogP contribution in [-0.2, 0) is 9.59 Å². The fraction of sp³-hybridized carbons (Fsp3) is 0.818. The summed E-state index contributed by atoms with van der Waals surface area (Å²) >= 11 is 0. The van der Waals surface area contributed by atoms with Gasteiger partial charge >= 0.3 is 0 Å². The molecule has 3 heteroatoms. The van der Waals surface area contributed by atoms with E-state index in [0.29, 0.717) is 13.0 Å². The van der Waals surface area contributed by atoms with Crippen molar-refractivity contribution in [3.8, 4) is 0 Å². The van der Waals surface area contributed by atoms with E-state index in [-0.39, 0.29) is 23.7 Å². The van der Waals surface area contributed by atoms with Crippen molar-refractivity contribution in [2.75, 3.05) is 6.54 Å².